The SMILES string of the molecule is CC.NN1C=CC=CC1. The van der Waals surface area contributed by atoms with Crippen LogP contribution in [0.2, 0.25) is 0 Å². The molecule has 1 rings (SSSR count). The maximum atomic E-state index is 5.33. The van der Waals surface area contributed by atoms with Crippen LogP contribution in [0.1, 0.15) is 13.8 Å². The quantitative estimate of drug-likeness (QED) is 0.495. The summed E-state index contributed by atoms with van der Waals surface area (Å²) in [6, 6.07) is 0. The van der Waals surface area contributed by atoms with Crippen molar-refractivity contribution in [1.82, 2.24) is 5.01 Å². The normalized spacial score (nSPS) is 14.8. The Labute approximate surface area is 56.6 Å². The van der Waals surface area contributed by atoms with Crippen LogP contribution >= 0.6 is 0 Å². The first-order valence-corrected chi connectivity index (χ1v) is 3.24. The fraction of sp³-hybridized carbons (Fsp3) is 0.429. The number of hydrogen-bond acceptors (Lipinski definition) is 2. The Morgan fingerprint density at radius 3 is 2.22 bits per heavy atom. The molecule has 1 heterocycles. The highest BCUT2D eigenvalue weighted by atomic mass is 15.4. The molecule has 0 amide bonds. The van der Waals surface area contributed by atoms with Gasteiger partial charge in [-0.05, 0) is 6.08 Å². The van der Waals surface area contributed by atoms with Crippen LogP contribution in [0, 0.1) is 0 Å². The molecule has 1 aliphatic rings. The summed E-state index contributed by atoms with van der Waals surface area (Å²) in [6.45, 7) is 4.83. The first kappa shape index (κ1) is 8.24. The van der Waals surface area contributed by atoms with Crippen LogP contribution in [0.15, 0.2) is 24.4 Å². The van der Waals surface area contributed by atoms with Crippen molar-refractivity contribution in [1.29, 1.82) is 0 Å². The van der Waals surface area contributed by atoms with Gasteiger partial charge in [0.15, 0.2) is 0 Å². The van der Waals surface area contributed by atoms with Crippen LogP contribution < -0.4 is 5.84 Å². The van der Waals surface area contributed by atoms with Gasteiger partial charge in [-0.1, -0.05) is 26.0 Å². The molecule has 0 spiro atoms. The number of hydrogen-bond donors (Lipinski definition) is 1. The maximum absolute atomic E-state index is 5.33. The number of rotatable bonds is 0. The lowest BCUT2D eigenvalue weighted by molar-refractivity contribution is 0.434. The summed E-state index contributed by atoms with van der Waals surface area (Å²) >= 11 is 0. The molecule has 52 valence electrons. The van der Waals surface area contributed by atoms with E-state index >= 15 is 0 Å². The fourth-order valence-corrected chi connectivity index (χ4v) is 0.482. The Kier molecular flexibility index (Phi) is 4.92. The highest BCUT2D eigenvalue weighted by Gasteiger charge is 1.86. The van der Waals surface area contributed by atoms with Gasteiger partial charge in [-0.2, -0.15) is 0 Å². The summed E-state index contributed by atoms with van der Waals surface area (Å²) < 4.78 is 0. The average Bonchev–Trinajstić information content (AvgIpc) is 1.94. The second-order valence-corrected chi connectivity index (χ2v) is 1.47. The molecule has 0 bridgehead atoms. The van der Waals surface area contributed by atoms with Gasteiger partial charge in [0.2, 0.25) is 0 Å². The third-order valence-electron chi connectivity index (χ3n) is 0.841. The van der Waals surface area contributed by atoms with E-state index in [4.69, 9.17) is 5.84 Å². The largest absolute Gasteiger partial charge is 0.314 e. The van der Waals surface area contributed by atoms with Crippen molar-refractivity contribution in [3.8, 4) is 0 Å². The monoisotopic (exact) mass is 126 g/mol. The molecule has 0 fully saturated rings. The predicted octanol–water partition coefficient (Wildman–Crippen LogP) is 1.27. The van der Waals surface area contributed by atoms with Crippen molar-refractivity contribution in [3.05, 3.63) is 24.4 Å². The third-order valence-corrected chi connectivity index (χ3v) is 0.841. The molecule has 2 N–H and O–H groups in total. The molecule has 0 aliphatic carbocycles. The Hall–Kier alpha value is -0.760. The lowest BCUT2D eigenvalue weighted by atomic mass is 10.4. The van der Waals surface area contributed by atoms with Crippen LogP contribution in [0.25, 0.3) is 0 Å². The molecule has 0 atom stereocenters. The van der Waals surface area contributed by atoms with E-state index in [9.17, 15) is 0 Å². The van der Waals surface area contributed by atoms with Crippen LogP contribution in [-0.2, 0) is 0 Å². The summed E-state index contributed by atoms with van der Waals surface area (Å²) in [5, 5.41) is 1.62. The summed E-state index contributed by atoms with van der Waals surface area (Å²) in [5.41, 5.74) is 0. The lowest BCUT2D eigenvalue weighted by Crippen LogP contribution is -2.25. The van der Waals surface area contributed by atoms with Crippen molar-refractivity contribution in [2.75, 3.05) is 6.54 Å². The van der Waals surface area contributed by atoms with Crippen molar-refractivity contribution in [3.63, 3.8) is 0 Å². The van der Waals surface area contributed by atoms with E-state index in [0.717, 1.165) is 6.54 Å². The molecule has 0 aromatic heterocycles. The highest BCUT2D eigenvalue weighted by molar-refractivity contribution is 5.07. The number of hydrazine groups is 1. The first-order chi connectivity index (χ1) is 4.39. The molecular formula is C7H14N2. The summed E-state index contributed by atoms with van der Waals surface area (Å²) in [4.78, 5) is 0. The van der Waals surface area contributed by atoms with E-state index in [1.165, 1.54) is 0 Å². The molecule has 2 nitrogen and oxygen atoms in total. The zero-order chi connectivity index (χ0) is 7.11. The van der Waals surface area contributed by atoms with Gasteiger partial charge in [-0.3, -0.25) is 0 Å². The van der Waals surface area contributed by atoms with Crippen molar-refractivity contribution in [2.24, 2.45) is 5.84 Å². The molecule has 0 aromatic rings. The lowest BCUT2D eigenvalue weighted by Gasteiger charge is -2.11. The minimum Gasteiger partial charge on any atom is -0.314 e. The number of allylic oxidation sites excluding steroid dienone is 2. The van der Waals surface area contributed by atoms with Gasteiger partial charge in [0, 0.05) is 6.20 Å². The van der Waals surface area contributed by atoms with Crippen LogP contribution in [0.3, 0.4) is 0 Å². The summed E-state index contributed by atoms with van der Waals surface area (Å²) in [5.74, 6) is 5.33. The zero-order valence-corrected chi connectivity index (χ0v) is 6.04. The number of nitrogens with zero attached hydrogens (tertiary/aromatic N) is 1. The summed E-state index contributed by atoms with van der Waals surface area (Å²) in [7, 11) is 0. The van der Waals surface area contributed by atoms with Crippen LogP contribution in [0.5, 0.6) is 0 Å². The predicted molar refractivity (Wildman–Crippen MR) is 40.5 cm³/mol. The molecule has 0 saturated carbocycles. The second kappa shape index (κ2) is 5.38. The van der Waals surface area contributed by atoms with E-state index in [-0.39, 0.29) is 0 Å². The Bertz CT molecular complexity index is 105. The van der Waals surface area contributed by atoms with E-state index in [1.54, 1.807) is 5.01 Å². The molecule has 1 aliphatic heterocycles. The van der Waals surface area contributed by atoms with E-state index in [2.05, 4.69) is 0 Å². The molecule has 0 aromatic carbocycles. The molecule has 2 heteroatoms. The number of nitrogens with two attached hydrogens (primary N) is 1. The van der Waals surface area contributed by atoms with Crippen molar-refractivity contribution in [2.45, 2.75) is 13.8 Å². The fourth-order valence-electron chi connectivity index (χ4n) is 0.482. The van der Waals surface area contributed by atoms with Crippen LogP contribution in [-0.4, -0.2) is 11.6 Å². The minimum absolute atomic E-state index is 0.830. The van der Waals surface area contributed by atoms with E-state index in [0.29, 0.717) is 0 Å². The second-order valence-electron chi connectivity index (χ2n) is 1.47. The Morgan fingerprint density at radius 2 is 2.00 bits per heavy atom. The summed E-state index contributed by atoms with van der Waals surface area (Å²) in [6.07, 6.45) is 7.72. The van der Waals surface area contributed by atoms with Gasteiger partial charge in [-0.15, -0.1) is 0 Å². The first-order valence-electron chi connectivity index (χ1n) is 3.24. The smallest absolute Gasteiger partial charge is 0.0519 e. The average molecular weight is 126 g/mol. The molecule has 0 unspecified atom stereocenters. The van der Waals surface area contributed by atoms with E-state index < -0.39 is 0 Å². The van der Waals surface area contributed by atoms with Crippen molar-refractivity contribution < 1.29 is 0 Å². The standard InChI is InChI=1S/C5H8N2.C2H6/c6-7-4-2-1-3-5-7;1-2/h1-4H,5-6H2;1-2H3. The molecular weight excluding hydrogens is 112 g/mol. The van der Waals surface area contributed by atoms with Crippen LogP contribution in [0.4, 0.5) is 0 Å². The van der Waals surface area contributed by atoms with Gasteiger partial charge in [0.05, 0.1) is 6.54 Å². The van der Waals surface area contributed by atoms with E-state index in [1.807, 2.05) is 38.3 Å². The maximum Gasteiger partial charge on any atom is 0.0519 e. The third kappa shape index (κ3) is 3.79. The van der Waals surface area contributed by atoms with Gasteiger partial charge in [0.25, 0.3) is 0 Å². The molecule has 9 heavy (non-hydrogen) atoms. The highest BCUT2D eigenvalue weighted by Crippen LogP contribution is 1.88. The van der Waals surface area contributed by atoms with Gasteiger partial charge < -0.3 is 5.01 Å². The molecule has 0 radical (unpaired) electrons. The zero-order valence-electron chi connectivity index (χ0n) is 6.04. The van der Waals surface area contributed by atoms with Gasteiger partial charge >= 0.3 is 0 Å². The Balaban J connectivity index is 0.000000291. The topological polar surface area (TPSA) is 29.3 Å². The Morgan fingerprint density at radius 1 is 1.33 bits per heavy atom. The van der Waals surface area contributed by atoms with Crippen molar-refractivity contribution >= 4 is 0 Å². The van der Waals surface area contributed by atoms with Gasteiger partial charge in [0.1, 0.15) is 0 Å². The minimum atomic E-state index is 0.830. The van der Waals surface area contributed by atoms with Gasteiger partial charge in [-0.25, -0.2) is 5.84 Å². The molecule has 0 saturated heterocycles.